The van der Waals surface area contributed by atoms with Crippen LogP contribution in [-0.4, -0.2) is 13.4 Å². The van der Waals surface area contributed by atoms with Gasteiger partial charge in [-0.1, -0.05) is 18.2 Å². The number of benzene rings is 1. The molecule has 2 aromatic rings. The molecule has 0 amide bonds. The van der Waals surface area contributed by atoms with E-state index in [1.165, 1.54) is 7.11 Å². The molecule has 4 heteroatoms. The zero-order valence-electron chi connectivity index (χ0n) is 8.73. The Morgan fingerprint density at radius 2 is 2.25 bits per heavy atom. The van der Waals surface area contributed by atoms with E-state index in [-0.39, 0.29) is 12.2 Å². The normalized spacial score (nSPS) is 10.3. The number of methoxy groups -OCH3 is 1. The summed E-state index contributed by atoms with van der Waals surface area (Å²) in [7, 11) is 1.41. The quantitative estimate of drug-likeness (QED) is 0.579. The van der Waals surface area contributed by atoms with E-state index in [2.05, 4.69) is 0 Å². The van der Waals surface area contributed by atoms with Crippen LogP contribution in [0.15, 0.2) is 33.5 Å². The van der Waals surface area contributed by atoms with Crippen LogP contribution in [0.25, 0.3) is 11.0 Å². The van der Waals surface area contributed by atoms with Gasteiger partial charge in [-0.05, 0) is 6.07 Å². The van der Waals surface area contributed by atoms with Gasteiger partial charge in [0, 0.05) is 17.4 Å². The van der Waals surface area contributed by atoms with Crippen LogP contribution >= 0.6 is 0 Å². The average Bonchev–Trinajstić information content (AvgIpc) is 2.29. The molecule has 0 unspecified atom stereocenters. The summed E-state index contributed by atoms with van der Waals surface area (Å²) >= 11 is 0. The van der Waals surface area contributed by atoms with Gasteiger partial charge in [0.05, 0.1) is 7.11 Å². The van der Waals surface area contributed by atoms with Gasteiger partial charge < -0.3 is 13.9 Å². The maximum Gasteiger partial charge on any atom is 0.379 e. The van der Waals surface area contributed by atoms with Gasteiger partial charge in [0.2, 0.25) is 5.75 Å². The van der Waals surface area contributed by atoms with Gasteiger partial charge in [-0.15, -0.1) is 0 Å². The number of para-hydroxylation sites is 1. The predicted molar refractivity (Wildman–Crippen MR) is 58.8 cm³/mol. The van der Waals surface area contributed by atoms with Crippen molar-refractivity contribution >= 4 is 17.3 Å². The first-order valence-corrected chi connectivity index (χ1v) is 4.79. The van der Waals surface area contributed by atoms with Gasteiger partial charge in [0.25, 0.3) is 0 Å². The van der Waals surface area contributed by atoms with Crippen LogP contribution < -0.4 is 10.4 Å². The lowest BCUT2D eigenvalue weighted by molar-refractivity contribution is -0.107. The monoisotopic (exact) mass is 218 g/mol. The maximum absolute atomic E-state index is 11.4. The molecule has 1 aromatic heterocycles. The van der Waals surface area contributed by atoms with Crippen molar-refractivity contribution in [1.29, 1.82) is 0 Å². The van der Waals surface area contributed by atoms with Crippen molar-refractivity contribution in [3.8, 4) is 5.75 Å². The molecule has 1 heterocycles. The third-order valence-electron chi connectivity index (χ3n) is 2.33. The Hall–Kier alpha value is -2.10. The molecule has 0 atom stereocenters. The molecular weight excluding hydrogens is 208 g/mol. The van der Waals surface area contributed by atoms with Gasteiger partial charge in [-0.25, -0.2) is 4.79 Å². The van der Waals surface area contributed by atoms with E-state index in [0.29, 0.717) is 11.1 Å². The molecule has 2 rings (SSSR count). The number of hydrogen-bond donors (Lipinski definition) is 0. The topological polar surface area (TPSA) is 56.5 Å². The standard InChI is InChI=1S/C12H10O4/c1-15-10-7-9-4-2-3-8(5-6-13)11(9)16-12(10)14/h2-4,6-7H,5H2,1H3. The number of carbonyl (C=O) groups excluding carboxylic acids is 1. The van der Waals surface area contributed by atoms with Crippen molar-refractivity contribution in [3.63, 3.8) is 0 Å². The molecule has 4 nitrogen and oxygen atoms in total. The van der Waals surface area contributed by atoms with Crippen LogP contribution in [-0.2, 0) is 11.2 Å². The highest BCUT2D eigenvalue weighted by molar-refractivity contribution is 5.82. The summed E-state index contributed by atoms with van der Waals surface area (Å²) in [6.45, 7) is 0. The Morgan fingerprint density at radius 3 is 2.94 bits per heavy atom. The number of rotatable bonds is 3. The van der Waals surface area contributed by atoms with Crippen molar-refractivity contribution in [3.05, 3.63) is 40.2 Å². The second-order valence-corrected chi connectivity index (χ2v) is 3.31. The second-order valence-electron chi connectivity index (χ2n) is 3.31. The van der Waals surface area contributed by atoms with Gasteiger partial charge in [0.1, 0.15) is 11.9 Å². The molecule has 0 bridgehead atoms. The molecule has 0 saturated heterocycles. The summed E-state index contributed by atoms with van der Waals surface area (Å²) < 4.78 is 10.0. The zero-order chi connectivity index (χ0) is 11.5. The van der Waals surface area contributed by atoms with Gasteiger partial charge in [-0.3, -0.25) is 0 Å². The zero-order valence-corrected chi connectivity index (χ0v) is 8.73. The molecule has 0 radical (unpaired) electrons. The average molecular weight is 218 g/mol. The first-order valence-electron chi connectivity index (χ1n) is 4.79. The minimum absolute atomic E-state index is 0.163. The van der Waals surface area contributed by atoms with Crippen molar-refractivity contribution in [1.82, 2.24) is 0 Å². The molecule has 16 heavy (non-hydrogen) atoms. The third kappa shape index (κ3) is 1.69. The van der Waals surface area contributed by atoms with E-state index >= 15 is 0 Å². The number of carbonyl (C=O) groups is 1. The predicted octanol–water partition coefficient (Wildman–Crippen LogP) is 1.54. The summed E-state index contributed by atoms with van der Waals surface area (Å²) in [4.78, 5) is 21.9. The summed E-state index contributed by atoms with van der Waals surface area (Å²) in [5.41, 5.74) is 0.612. The van der Waals surface area contributed by atoms with Crippen LogP contribution in [0.4, 0.5) is 0 Å². The molecule has 82 valence electrons. The third-order valence-corrected chi connectivity index (χ3v) is 2.33. The highest BCUT2D eigenvalue weighted by atomic mass is 16.5. The number of aldehydes is 1. The van der Waals surface area contributed by atoms with E-state index in [0.717, 1.165) is 11.7 Å². The number of fused-ring (bicyclic) bond motifs is 1. The fourth-order valence-electron chi connectivity index (χ4n) is 1.58. The highest BCUT2D eigenvalue weighted by Gasteiger charge is 2.08. The van der Waals surface area contributed by atoms with Crippen LogP contribution in [0.2, 0.25) is 0 Å². The molecule has 0 aliphatic rings. The van der Waals surface area contributed by atoms with Crippen LogP contribution in [0, 0.1) is 0 Å². The Morgan fingerprint density at radius 1 is 1.44 bits per heavy atom. The Labute approximate surface area is 91.4 Å². The van der Waals surface area contributed by atoms with Gasteiger partial charge >= 0.3 is 5.63 Å². The van der Waals surface area contributed by atoms with Crippen LogP contribution in [0.3, 0.4) is 0 Å². The van der Waals surface area contributed by atoms with Crippen molar-refractivity contribution in [2.75, 3.05) is 7.11 Å². The van der Waals surface area contributed by atoms with E-state index in [9.17, 15) is 9.59 Å². The Kier molecular flexibility index (Phi) is 2.72. The van der Waals surface area contributed by atoms with Crippen molar-refractivity contribution < 1.29 is 13.9 Å². The van der Waals surface area contributed by atoms with Gasteiger partial charge in [0.15, 0.2) is 0 Å². The SMILES string of the molecule is COc1cc2cccc(CC=O)c2oc1=O. The van der Waals surface area contributed by atoms with E-state index in [1.54, 1.807) is 24.3 Å². The smallest absolute Gasteiger partial charge is 0.379 e. The van der Waals surface area contributed by atoms with E-state index < -0.39 is 5.63 Å². The minimum Gasteiger partial charge on any atom is -0.490 e. The Balaban J connectivity index is 2.74. The lowest BCUT2D eigenvalue weighted by atomic mass is 10.1. The molecular formula is C12H10O4. The van der Waals surface area contributed by atoms with E-state index in [1.807, 2.05) is 0 Å². The summed E-state index contributed by atoms with van der Waals surface area (Å²) in [5, 5.41) is 0.746. The van der Waals surface area contributed by atoms with Crippen LogP contribution in [0.5, 0.6) is 5.75 Å². The van der Waals surface area contributed by atoms with Crippen molar-refractivity contribution in [2.24, 2.45) is 0 Å². The lowest BCUT2D eigenvalue weighted by Crippen LogP contribution is -2.04. The molecule has 0 aliphatic carbocycles. The molecule has 0 aliphatic heterocycles. The number of ether oxygens (including phenoxy) is 1. The molecule has 0 N–H and O–H groups in total. The fraction of sp³-hybridized carbons (Fsp3) is 0.167. The van der Waals surface area contributed by atoms with Crippen LogP contribution in [0.1, 0.15) is 5.56 Å². The fourth-order valence-corrected chi connectivity index (χ4v) is 1.58. The summed E-state index contributed by atoms with van der Waals surface area (Å²) in [6, 6.07) is 6.97. The minimum atomic E-state index is -0.534. The maximum atomic E-state index is 11.4. The van der Waals surface area contributed by atoms with Crippen molar-refractivity contribution in [2.45, 2.75) is 6.42 Å². The lowest BCUT2D eigenvalue weighted by Gasteiger charge is -2.03. The Bertz CT molecular complexity index is 583. The largest absolute Gasteiger partial charge is 0.490 e. The molecule has 1 aromatic carbocycles. The first kappa shape index (κ1) is 10.4. The molecule has 0 spiro atoms. The highest BCUT2D eigenvalue weighted by Crippen LogP contribution is 2.20. The van der Waals surface area contributed by atoms with E-state index in [4.69, 9.17) is 9.15 Å². The second kappa shape index (κ2) is 4.18. The van der Waals surface area contributed by atoms with Gasteiger partial charge in [-0.2, -0.15) is 0 Å². The molecule has 0 saturated carbocycles. The number of hydrogen-bond acceptors (Lipinski definition) is 4. The first-order chi connectivity index (χ1) is 7.76. The molecule has 0 fully saturated rings. The summed E-state index contributed by atoms with van der Waals surface area (Å²) in [6.07, 6.45) is 1.01. The summed E-state index contributed by atoms with van der Waals surface area (Å²) in [5.74, 6) is 0.163.